The molecule has 0 bridgehead atoms. The van der Waals surface area contributed by atoms with Crippen LogP contribution in [0.4, 0.5) is 0 Å². The van der Waals surface area contributed by atoms with Crippen molar-refractivity contribution in [2.75, 3.05) is 7.11 Å². The van der Waals surface area contributed by atoms with Crippen molar-refractivity contribution >= 4 is 18.1 Å². The molecule has 0 radical (unpaired) electrons. The van der Waals surface area contributed by atoms with Gasteiger partial charge in [-0.2, -0.15) is 14.9 Å². The molecule has 2 aromatic carbocycles. The van der Waals surface area contributed by atoms with Crippen molar-refractivity contribution in [3.63, 3.8) is 0 Å². The highest BCUT2D eigenvalue weighted by Gasteiger charge is 2.39. The Morgan fingerprint density at radius 3 is 2.10 bits per heavy atom. The summed E-state index contributed by atoms with van der Waals surface area (Å²) in [4.78, 5) is 20.9. The van der Waals surface area contributed by atoms with E-state index in [-0.39, 0.29) is 10.8 Å². The zero-order valence-electron chi connectivity index (χ0n) is 27.6. The molecular weight excluding hydrogens is 640 g/mol. The molecule has 0 spiro atoms. The summed E-state index contributed by atoms with van der Waals surface area (Å²) < 4.78 is 6.38. The van der Waals surface area contributed by atoms with Crippen LogP contribution in [0.5, 0.6) is 0 Å². The molecule has 0 aliphatic heterocycles. The molecule has 5 aromatic heterocycles. The fourth-order valence-corrected chi connectivity index (χ4v) is 7.01. The second-order valence-electron chi connectivity index (χ2n) is 12.3. The quantitative estimate of drug-likeness (QED) is 0.219. The number of carbonyl (C=O) groups excluding carboxylic acids is 1. The van der Waals surface area contributed by atoms with Crippen LogP contribution in [0.2, 0.25) is 0 Å². The van der Waals surface area contributed by atoms with Crippen LogP contribution in [-0.4, -0.2) is 63.6 Å². The first-order chi connectivity index (χ1) is 25.1. The Bertz CT molecular complexity index is 2240. The van der Waals surface area contributed by atoms with Crippen molar-refractivity contribution < 1.29 is 9.53 Å². The van der Waals surface area contributed by atoms with Crippen molar-refractivity contribution in [3.05, 3.63) is 179 Å². The number of benzene rings is 2. The number of hydrogen-bond donors (Lipinski definition) is 2. The number of tetrazole rings is 1. The lowest BCUT2D eigenvalue weighted by molar-refractivity contribution is 0.0593. The molecule has 2 N–H and O–H groups in total. The Morgan fingerprint density at radius 1 is 0.745 bits per heavy atom. The molecule has 2 aliphatic carbocycles. The number of rotatable bonds is 6. The third kappa shape index (κ3) is 5.62. The van der Waals surface area contributed by atoms with Gasteiger partial charge < -0.3 is 4.74 Å². The van der Waals surface area contributed by atoms with E-state index in [2.05, 4.69) is 113 Å². The van der Waals surface area contributed by atoms with E-state index in [1.54, 1.807) is 17.2 Å². The Hall–Kier alpha value is -6.82. The minimum atomic E-state index is -0.435. The molecule has 12 heteroatoms. The number of esters is 1. The van der Waals surface area contributed by atoms with Gasteiger partial charge in [-0.25, -0.2) is 4.79 Å². The highest BCUT2D eigenvalue weighted by atomic mass is 16.5. The zero-order valence-corrected chi connectivity index (χ0v) is 27.6. The number of fused-ring (bicyclic) bond motifs is 2. The summed E-state index contributed by atoms with van der Waals surface area (Å²) in [5, 5.41) is 26.1. The van der Waals surface area contributed by atoms with Gasteiger partial charge in [0.05, 0.1) is 18.2 Å². The van der Waals surface area contributed by atoms with Gasteiger partial charge in [-0.05, 0) is 45.3 Å². The van der Waals surface area contributed by atoms with E-state index in [0.29, 0.717) is 17.9 Å². The van der Waals surface area contributed by atoms with Crippen LogP contribution in [-0.2, 0) is 28.4 Å². The van der Waals surface area contributed by atoms with E-state index < -0.39 is 5.97 Å². The molecule has 2 unspecified atom stereocenters. The number of hydrogen-bond acceptors (Lipinski definition) is 9. The maximum atomic E-state index is 11.9. The fraction of sp³-hybridized carbons (Fsp3) is 0.128. The third-order valence-corrected chi connectivity index (χ3v) is 9.55. The van der Waals surface area contributed by atoms with Gasteiger partial charge in [0.25, 0.3) is 0 Å². The van der Waals surface area contributed by atoms with Crippen molar-refractivity contribution in [1.29, 1.82) is 0 Å². The molecule has 0 saturated heterocycles. The van der Waals surface area contributed by atoms with E-state index in [1.165, 1.54) is 18.2 Å². The molecule has 0 fully saturated rings. The smallest absolute Gasteiger partial charge is 0.359 e. The molecule has 51 heavy (non-hydrogen) atoms. The number of carbonyl (C=O) groups is 1. The first-order valence-corrected chi connectivity index (χ1v) is 16.4. The van der Waals surface area contributed by atoms with Crippen molar-refractivity contribution in [2.24, 2.45) is 0 Å². The van der Waals surface area contributed by atoms with E-state index in [4.69, 9.17) is 4.74 Å². The molecule has 0 amide bonds. The lowest BCUT2D eigenvalue weighted by Crippen LogP contribution is -2.31. The second-order valence-corrected chi connectivity index (χ2v) is 12.3. The number of nitrogens with one attached hydrogen (secondary N) is 2. The molecule has 5 heterocycles. The number of ether oxygens (including phenoxy) is 1. The maximum Gasteiger partial charge on any atom is 0.359 e. The van der Waals surface area contributed by atoms with Gasteiger partial charge in [-0.3, -0.25) is 20.2 Å². The summed E-state index contributed by atoms with van der Waals surface area (Å²) in [6.45, 7) is 0. The fourth-order valence-electron chi connectivity index (χ4n) is 7.01. The Labute approximate surface area is 293 Å². The number of nitrogens with zero attached hydrogens (tertiary/aromatic N) is 8. The topological polar surface area (TPSA) is 153 Å². The van der Waals surface area contributed by atoms with E-state index >= 15 is 0 Å². The highest BCUT2D eigenvalue weighted by Crippen LogP contribution is 2.42. The number of H-pyrrole nitrogens is 2. The van der Waals surface area contributed by atoms with E-state index in [9.17, 15) is 4.79 Å². The lowest BCUT2D eigenvalue weighted by atomic mass is 9.69. The third-order valence-electron chi connectivity index (χ3n) is 9.55. The Balaban J connectivity index is 0.000000147. The minimum Gasteiger partial charge on any atom is -0.464 e. The van der Waals surface area contributed by atoms with Gasteiger partial charge in [0.2, 0.25) is 0 Å². The van der Waals surface area contributed by atoms with Crippen LogP contribution in [0.25, 0.3) is 18.0 Å². The number of methoxy groups -OCH3 is 1. The SMILES string of the molecule is C1=CC(c2ccccc2)(c2ccccn2)Cc2[nH]nc(-n3cnnn3)c21.COC(=O)c1n[nH]c2c1C=CC(c1ccccc1)(c1cccnc1)C2. The standard InChI is InChI=1S/C20H17N3O2.C19H15N7/c1-25-19(24)18-16-9-10-20(12-17(16)22-23-18,14-6-3-2-4-7-14)15-8-5-11-21-13-15;1-2-6-14(7-3-1)19(17-8-4-5-11-20-17)10-9-15-16(12-19)22-23-18(15)26-13-21-24-25-26/h2-11,13H,12H2,1H3,(H,22,23);1-11,13H,12H2,(H,22,23). The zero-order chi connectivity index (χ0) is 34.7. The second kappa shape index (κ2) is 13.2. The van der Waals surface area contributed by atoms with Crippen LogP contribution in [0.3, 0.4) is 0 Å². The van der Waals surface area contributed by atoms with Gasteiger partial charge in [0, 0.05) is 59.4 Å². The normalized spacial score (nSPS) is 18.6. The molecule has 9 rings (SSSR count). The van der Waals surface area contributed by atoms with Crippen LogP contribution >= 0.6 is 0 Å². The molecule has 7 aromatic rings. The lowest BCUT2D eigenvalue weighted by Gasteiger charge is -2.34. The Morgan fingerprint density at radius 2 is 1.41 bits per heavy atom. The van der Waals surface area contributed by atoms with Crippen molar-refractivity contribution in [3.8, 4) is 5.82 Å². The highest BCUT2D eigenvalue weighted by molar-refractivity contribution is 5.92. The summed E-state index contributed by atoms with van der Waals surface area (Å²) >= 11 is 0. The molecule has 12 nitrogen and oxygen atoms in total. The average Bonchev–Trinajstić information content (AvgIpc) is 3.99. The summed E-state index contributed by atoms with van der Waals surface area (Å²) in [5.74, 6) is 0.264. The van der Waals surface area contributed by atoms with E-state index in [1.807, 2.05) is 60.9 Å². The Kier molecular flexibility index (Phi) is 8.16. The van der Waals surface area contributed by atoms with E-state index in [0.717, 1.165) is 40.2 Å². The summed E-state index contributed by atoms with van der Waals surface area (Å²) in [6.07, 6.45) is 16.8. The average molecular weight is 673 g/mol. The first kappa shape index (κ1) is 31.4. The molecule has 250 valence electrons. The van der Waals surface area contributed by atoms with Gasteiger partial charge >= 0.3 is 5.97 Å². The largest absolute Gasteiger partial charge is 0.464 e. The predicted octanol–water partition coefficient (Wildman–Crippen LogP) is 5.48. The number of aromatic nitrogens is 10. The molecule has 2 aliphatic rings. The monoisotopic (exact) mass is 672 g/mol. The number of pyridine rings is 2. The van der Waals surface area contributed by atoms with Gasteiger partial charge in [-0.15, -0.1) is 5.10 Å². The predicted molar refractivity (Wildman–Crippen MR) is 190 cm³/mol. The minimum absolute atomic E-state index is 0.321. The maximum absolute atomic E-state index is 11.9. The molecular formula is C39H32N10O2. The van der Waals surface area contributed by atoms with Crippen LogP contribution in [0.1, 0.15) is 55.4 Å². The van der Waals surface area contributed by atoms with Crippen LogP contribution in [0.15, 0.2) is 128 Å². The molecule has 2 atom stereocenters. The van der Waals surface area contributed by atoms with Gasteiger partial charge in [0.15, 0.2) is 11.5 Å². The summed E-state index contributed by atoms with van der Waals surface area (Å²) in [6, 6.07) is 30.8. The molecule has 0 saturated carbocycles. The van der Waals surface area contributed by atoms with Crippen LogP contribution in [0, 0.1) is 0 Å². The van der Waals surface area contributed by atoms with Crippen LogP contribution < -0.4 is 0 Å². The first-order valence-electron chi connectivity index (χ1n) is 16.4. The van der Waals surface area contributed by atoms with Gasteiger partial charge in [0.1, 0.15) is 6.33 Å². The van der Waals surface area contributed by atoms with Gasteiger partial charge in [-0.1, -0.05) is 97.1 Å². The summed E-state index contributed by atoms with van der Waals surface area (Å²) in [7, 11) is 1.36. The number of aromatic amines is 2. The summed E-state index contributed by atoms with van der Waals surface area (Å²) in [5.41, 5.74) is 7.82. The van der Waals surface area contributed by atoms with Crippen molar-refractivity contribution in [2.45, 2.75) is 23.7 Å². The van der Waals surface area contributed by atoms with Crippen molar-refractivity contribution in [1.82, 2.24) is 50.6 Å². The number of allylic oxidation sites excluding steroid dienone is 2.